The fourth-order valence-corrected chi connectivity index (χ4v) is 1.91. The Balaban J connectivity index is 0.00000144. The van der Waals surface area contributed by atoms with Crippen LogP contribution in [-0.4, -0.2) is 36.2 Å². The molecule has 0 bridgehead atoms. The van der Waals surface area contributed by atoms with Crippen LogP contribution in [0.3, 0.4) is 0 Å². The minimum absolute atomic E-state index is 0. The van der Waals surface area contributed by atoms with Crippen molar-refractivity contribution in [2.75, 3.05) is 20.2 Å². The first-order chi connectivity index (χ1) is 7.90. The molecule has 1 fully saturated rings. The molecule has 1 aliphatic rings. The summed E-state index contributed by atoms with van der Waals surface area (Å²) in [5, 5.41) is 6.84. The number of hydrogen-bond donors (Lipinski definition) is 2. The van der Waals surface area contributed by atoms with E-state index in [2.05, 4.69) is 20.6 Å². The van der Waals surface area contributed by atoms with Gasteiger partial charge in [0.2, 0.25) is 5.88 Å². The molecule has 0 aliphatic carbocycles. The number of halogens is 1. The highest BCUT2D eigenvalue weighted by Gasteiger charge is 2.13. The van der Waals surface area contributed by atoms with Crippen LogP contribution in [0.25, 0.3) is 0 Å². The van der Waals surface area contributed by atoms with Gasteiger partial charge in [-0.15, -0.1) is 12.4 Å². The third kappa shape index (κ3) is 4.11. The van der Waals surface area contributed by atoms with Gasteiger partial charge in [0.25, 0.3) is 0 Å². The summed E-state index contributed by atoms with van der Waals surface area (Å²) in [6.07, 6.45) is 5.79. The maximum atomic E-state index is 5.16. The summed E-state index contributed by atoms with van der Waals surface area (Å²) in [5.74, 6) is 0.610. The molecule has 1 aromatic rings. The van der Waals surface area contributed by atoms with Crippen LogP contribution in [0.2, 0.25) is 0 Å². The minimum atomic E-state index is 0. The van der Waals surface area contributed by atoms with Crippen molar-refractivity contribution in [3.8, 4) is 5.88 Å². The van der Waals surface area contributed by atoms with Crippen LogP contribution < -0.4 is 15.4 Å². The summed E-state index contributed by atoms with van der Waals surface area (Å²) >= 11 is 0. The molecule has 1 aromatic heterocycles. The third-order valence-corrected chi connectivity index (χ3v) is 2.78. The second-order valence-corrected chi connectivity index (χ2v) is 3.94. The highest BCUT2D eigenvalue weighted by molar-refractivity contribution is 5.85. The molecule has 1 atom stereocenters. The van der Waals surface area contributed by atoms with Gasteiger partial charge in [0.1, 0.15) is 5.69 Å². The fourth-order valence-electron chi connectivity index (χ4n) is 1.91. The van der Waals surface area contributed by atoms with Crippen molar-refractivity contribution in [1.82, 2.24) is 20.6 Å². The second kappa shape index (κ2) is 7.42. The molecule has 96 valence electrons. The largest absolute Gasteiger partial charge is 0.480 e. The van der Waals surface area contributed by atoms with E-state index in [9.17, 15) is 0 Å². The Hall–Kier alpha value is -0.910. The fraction of sp³-hybridized carbons (Fsp3) is 0.636. The Morgan fingerprint density at radius 2 is 2.29 bits per heavy atom. The molecule has 1 aliphatic heterocycles. The van der Waals surface area contributed by atoms with Crippen molar-refractivity contribution in [3.05, 3.63) is 18.1 Å². The molecule has 2 rings (SSSR count). The zero-order valence-corrected chi connectivity index (χ0v) is 10.8. The number of piperidine rings is 1. The quantitative estimate of drug-likeness (QED) is 0.835. The summed E-state index contributed by atoms with van der Waals surface area (Å²) in [6.45, 7) is 2.87. The number of ether oxygens (including phenoxy) is 1. The number of hydrogen-bond acceptors (Lipinski definition) is 5. The van der Waals surface area contributed by atoms with Crippen LogP contribution in [0.1, 0.15) is 18.5 Å². The predicted octanol–water partition coefficient (Wildman–Crippen LogP) is 0.749. The van der Waals surface area contributed by atoms with E-state index < -0.39 is 0 Å². The van der Waals surface area contributed by atoms with E-state index in [1.165, 1.54) is 12.8 Å². The van der Waals surface area contributed by atoms with Gasteiger partial charge in [-0.25, -0.2) is 4.98 Å². The van der Waals surface area contributed by atoms with Crippen LogP contribution in [0.4, 0.5) is 0 Å². The lowest BCUT2D eigenvalue weighted by Crippen LogP contribution is -2.42. The predicted molar refractivity (Wildman–Crippen MR) is 68.6 cm³/mol. The molecular formula is C11H19ClN4O. The third-order valence-electron chi connectivity index (χ3n) is 2.78. The standard InChI is InChI=1S/C11H18N4O.ClH/c1-16-11-10(13-5-6-14-11)8-15-9-3-2-4-12-7-9;/h5-6,9,12,15H,2-4,7-8H2,1H3;1H/t9-;/m0./s1. The van der Waals surface area contributed by atoms with Gasteiger partial charge in [0, 0.05) is 31.5 Å². The van der Waals surface area contributed by atoms with Crippen molar-refractivity contribution in [3.63, 3.8) is 0 Å². The highest BCUT2D eigenvalue weighted by atomic mass is 35.5. The molecule has 0 amide bonds. The number of aromatic nitrogens is 2. The van der Waals surface area contributed by atoms with Gasteiger partial charge >= 0.3 is 0 Å². The first-order valence-corrected chi connectivity index (χ1v) is 5.68. The lowest BCUT2D eigenvalue weighted by atomic mass is 10.1. The number of rotatable bonds is 4. The average Bonchev–Trinajstić information content (AvgIpc) is 2.38. The van der Waals surface area contributed by atoms with Crippen molar-refractivity contribution < 1.29 is 4.74 Å². The number of nitrogens with one attached hydrogen (secondary N) is 2. The molecule has 2 N–H and O–H groups in total. The second-order valence-electron chi connectivity index (χ2n) is 3.94. The Morgan fingerprint density at radius 1 is 1.47 bits per heavy atom. The monoisotopic (exact) mass is 258 g/mol. The van der Waals surface area contributed by atoms with E-state index in [4.69, 9.17) is 4.74 Å². The van der Waals surface area contributed by atoms with E-state index in [0.717, 1.165) is 18.8 Å². The molecule has 0 unspecified atom stereocenters. The number of methoxy groups -OCH3 is 1. The normalized spacial score (nSPS) is 19.5. The first kappa shape index (κ1) is 14.2. The summed E-state index contributed by atoms with van der Waals surface area (Å²) < 4.78 is 5.16. The smallest absolute Gasteiger partial charge is 0.236 e. The summed E-state index contributed by atoms with van der Waals surface area (Å²) in [7, 11) is 1.62. The lowest BCUT2D eigenvalue weighted by molar-refractivity contribution is 0.367. The van der Waals surface area contributed by atoms with Crippen LogP contribution >= 0.6 is 12.4 Å². The Labute approximate surface area is 108 Å². The average molecular weight is 259 g/mol. The van der Waals surface area contributed by atoms with Gasteiger partial charge < -0.3 is 15.4 Å². The maximum absolute atomic E-state index is 5.16. The maximum Gasteiger partial charge on any atom is 0.236 e. The molecule has 0 radical (unpaired) electrons. The Bertz CT molecular complexity index is 331. The summed E-state index contributed by atoms with van der Waals surface area (Å²) in [6, 6.07) is 0.528. The van der Waals surface area contributed by atoms with Crippen LogP contribution in [0, 0.1) is 0 Å². The molecule has 2 heterocycles. The van der Waals surface area contributed by atoms with E-state index in [0.29, 0.717) is 18.5 Å². The van der Waals surface area contributed by atoms with Gasteiger partial charge in [0.15, 0.2) is 0 Å². The van der Waals surface area contributed by atoms with Crippen molar-refractivity contribution >= 4 is 12.4 Å². The minimum Gasteiger partial charge on any atom is -0.480 e. The van der Waals surface area contributed by atoms with E-state index in [1.54, 1.807) is 19.5 Å². The lowest BCUT2D eigenvalue weighted by Gasteiger charge is -2.23. The van der Waals surface area contributed by atoms with Crippen molar-refractivity contribution in [1.29, 1.82) is 0 Å². The zero-order valence-electron chi connectivity index (χ0n) is 9.98. The van der Waals surface area contributed by atoms with Gasteiger partial charge in [-0.3, -0.25) is 4.98 Å². The summed E-state index contributed by atoms with van der Waals surface area (Å²) in [5.41, 5.74) is 0.871. The van der Waals surface area contributed by atoms with Gasteiger partial charge in [-0.05, 0) is 19.4 Å². The van der Waals surface area contributed by atoms with Crippen molar-refractivity contribution in [2.45, 2.75) is 25.4 Å². The van der Waals surface area contributed by atoms with Crippen LogP contribution in [0.15, 0.2) is 12.4 Å². The van der Waals surface area contributed by atoms with E-state index in [1.807, 2.05) is 0 Å². The molecule has 0 spiro atoms. The molecule has 5 nitrogen and oxygen atoms in total. The topological polar surface area (TPSA) is 59.1 Å². The van der Waals surface area contributed by atoms with Gasteiger partial charge in [-0.1, -0.05) is 0 Å². The zero-order chi connectivity index (χ0) is 11.2. The van der Waals surface area contributed by atoms with E-state index >= 15 is 0 Å². The van der Waals surface area contributed by atoms with Gasteiger partial charge in [-0.2, -0.15) is 0 Å². The first-order valence-electron chi connectivity index (χ1n) is 5.68. The van der Waals surface area contributed by atoms with Crippen LogP contribution in [-0.2, 0) is 6.54 Å². The number of nitrogens with zero attached hydrogens (tertiary/aromatic N) is 2. The Kier molecular flexibility index (Phi) is 6.18. The van der Waals surface area contributed by atoms with E-state index in [-0.39, 0.29) is 12.4 Å². The molecule has 6 heteroatoms. The molecular weight excluding hydrogens is 240 g/mol. The Morgan fingerprint density at radius 3 is 3.00 bits per heavy atom. The molecule has 0 saturated carbocycles. The molecule has 17 heavy (non-hydrogen) atoms. The highest BCUT2D eigenvalue weighted by Crippen LogP contribution is 2.11. The van der Waals surface area contributed by atoms with Crippen molar-refractivity contribution in [2.24, 2.45) is 0 Å². The SMILES string of the molecule is COc1nccnc1CN[C@H]1CCCNC1.Cl. The van der Waals surface area contributed by atoms with Crippen LogP contribution in [0.5, 0.6) is 5.88 Å². The van der Waals surface area contributed by atoms with Gasteiger partial charge in [0.05, 0.1) is 7.11 Å². The summed E-state index contributed by atoms with van der Waals surface area (Å²) in [4.78, 5) is 8.38. The molecule has 1 saturated heterocycles. The molecule has 0 aromatic carbocycles.